The van der Waals surface area contributed by atoms with Gasteiger partial charge in [0.2, 0.25) is 21.7 Å². The molecule has 8 nitrogen and oxygen atoms in total. The van der Waals surface area contributed by atoms with Gasteiger partial charge in [-0.15, -0.1) is 0 Å². The van der Waals surface area contributed by atoms with Crippen LogP contribution in [0.2, 0.25) is 0 Å². The number of rotatable bonds is 8. The SMILES string of the molecule is COc1cc(CNC(=O)[C@@H]2CCCN2S(=O)(=O)c2ccccc2F)cc(OC)c1OC. The Bertz CT molecular complexity index is 1030. The van der Waals surface area contributed by atoms with Gasteiger partial charge in [0, 0.05) is 13.1 Å². The molecule has 1 fully saturated rings. The predicted octanol–water partition coefficient (Wildman–Crippen LogP) is 2.32. The molecule has 3 rings (SSSR count). The zero-order chi connectivity index (χ0) is 22.6. The second-order valence-electron chi connectivity index (χ2n) is 6.96. The number of carbonyl (C=O) groups excluding carboxylic acids is 1. The lowest BCUT2D eigenvalue weighted by Crippen LogP contribution is -2.45. The minimum Gasteiger partial charge on any atom is -0.493 e. The monoisotopic (exact) mass is 452 g/mol. The smallest absolute Gasteiger partial charge is 0.246 e. The lowest BCUT2D eigenvalue weighted by atomic mass is 10.1. The van der Waals surface area contributed by atoms with Crippen LogP contribution >= 0.6 is 0 Å². The fraction of sp³-hybridized carbons (Fsp3) is 0.381. The van der Waals surface area contributed by atoms with Crippen LogP contribution in [0.1, 0.15) is 18.4 Å². The van der Waals surface area contributed by atoms with Crippen molar-refractivity contribution < 1.29 is 31.8 Å². The van der Waals surface area contributed by atoms with E-state index in [2.05, 4.69) is 5.32 Å². The molecule has 0 unspecified atom stereocenters. The molecule has 10 heteroatoms. The summed E-state index contributed by atoms with van der Waals surface area (Å²) in [5.41, 5.74) is 0.685. The van der Waals surface area contributed by atoms with E-state index in [0.717, 1.165) is 10.4 Å². The van der Waals surface area contributed by atoms with Gasteiger partial charge in [0.15, 0.2) is 11.5 Å². The summed E-state index contributed by atoms with van der Waals surface area (Å²) in [6, 6.07) is 7.64. The van der Waals surface area contributed by atoms with Crippen molar-refractivity contribution in [2.24, 2.45) is 0 Å². The molecule has 1 N–H and O–H groups in total. The fourth-order valence-corrected chi connectivity index (χ4v) is 5.34. The van der Waals surface area contributed by atoms with Gasteiger partial charge in [-0.3, -0.25) is 4.79 Å². The van der Waals surface area contributed by atoms with E-state index in [9.17, 15) is 17.6 Å². The van der Waals surface area contributed by atoms with Crippen molar-refractivity contribution in [1.29, 1.82) is 0 Å². The highest BCUT2D eigenvalue weighted by Crippen LogP contribution is 2.38. The summed E-state index contributed by atoms with van der Waals surface area (Å²) in [5.74, 6) is 0.0154. The van der Waals surface area contributed by atoms with Crippen molar-refractivity contribution >= 4 is 15.9 Å². The molecule has 1 amide bonds. The number of carbonyl (C=O) groups is 1. The van der Waals surface area contributed by atoms with Crippen LogP contribution in [-0.4, -0.2) is 52.5 Å². The van der Waals surface area contributed by atoms with E-state index in [0.29, 0.717) is 35.7 Å². The largest absolute Gasteiger partial charge is 0.493 e. The van der Waals surface area contributed by atoms with Gasteiger partial charge in [0.1, 0.15) is 16.8 Å². The van der Waals surface area contributed by atoms with Gasteiger partial charge in [-0.1, -0.05) is 12.1 Å². The van der Waals surface area contributed by atoms with Crippen molar-refractivity contribution in [3.05, 3.63) is 47.8 Å². The second kappa shape index (κ2) is 9.52. The third-order valence-electron chi connectivity index (χ3n) is 5.12. The van der Waals surface area contributed by atoms with E-state index < -0.39 is 32.7 Å². The first-order valence-corrected chi connectivity index (χ1v) is 11.1. The predicted molar refractivity (Wildman–Crippen MR) is 111 cm³/mol. The van der Waals surface area contributed by atoms with E-state index >= 15 is 0 Å². The van der Waals surface area contributed by atoms with Crippen molar-refractivity contribution in [3.8, 4) is 17.2 Å². The van der Waals surface area contributed by atoms with Crippen LogP contribution in [0.3, 0.4) is 0 Å². The maximum Gasteiger partial charge on any atom is 0.246 e. The number of nitrogens with zero attached hydrogens (tertiary/aromatic N) is 1. The van der Waals surface area contributed by atoms with Crippen molar-refractivity contribution in [2.45, 2.75) is 30.3 Å². The first-order chi connectivity index (χ1) is 14.8. The summed E-state index contributed by atoms with van der Waals surface area (Å²) in [6.45, 7) is 0.276. The molecule has 2 aromatic rings. The molecule has 0 aromatic heterocycles. The highest BCUT2D eigenvalue weighted by molar-refractivity contribution is 7.89. The molecule has 1 saturated heterocycles. The number of hydrogen-bond acceptors (Lipinski definition) is 6. The van der Waals surface area contributed by atoms with E-state index in [1.54, 1.807) is 12.1 Å². The first-order valence-electron chi connectivity index (χ1n) is 9.66. The molecule has 0 radical (unpaired) electrons. The highest BCUT2D eigenvalue weighted by atomic mass is 32.2. The van der Waals surface area contributed by atoms with E-state index in [1.807, 2.05) is 0 Å². The molecule has 168 valence electrons. The fourth-order valence-electron chi connectivity index (χ4n) is 3.61. The Morgan fingerprint density at radius 2 is 1.77 bits per heavy atom. The molecule has 0 bridgehead atoms. The number of nitrogens with one attached hydrogen (secondary N) is 1. The lowest BCUT2D eigenvalue weighted by Gasteiger charge is -2.23. The molecule has 1 atom stereocenters. The standard InChI is InChI=1S/C21H25FN2O6S/c1-28-17-11-14(12-18(29-2)20(17)30-3)13-23-21(25)16-8-6-10-24(16)31(26,27)19-9-5-4-7-15(19)22/h4-5,7,9,11-12,16H,6,8,10,13H2,1-3H3,(H,23,25)/t16-/m0/s1. The van der Waals surface area contributed by atoms with Crippen LogP contribution in [0.5, 0.6) is 17.2 Å². The van der Waals surface area contributed by atoms with Crippen LogP contribution in [0, 0.1) is 5.82 Å². The van der Waals surface area contributed by atoms with Gasteiger partial charge in [0.25, 0.3) is 0 Å². The van der Waals surface area contributed by atoms with Gasteiger partial charge in [-0.25, -0.2) is 12.8 Å². The number of amides is 1. The Kier molecular flexibility index (Phi) is 7.01. The minimum absolute atomic E-state index is 0.125. The Balaban J connectivity index is 1.77. The number of methoxy groups -OCH3 is 3. The van der Waals surface area contributed by atoms with Crippen LogP contribution in [-0.2, 0) is 21.4 Å². The highest BCUT2D eigenvalue weighted by Gasteiger charge is 2.40. The van der Waals surface area contributed by atoms with E-state index in [4.69, 9.17) is 14.2 Å². The zero-order valence-corrected chi connectivity index (χ0v) is 18.4. The minimum atomic E-state index is -4.14. The summed E-state index contributed by atoms with van der Waals surface area (Å²) in [5, 5.41) is 2.76. The Hall–Kier alpha value is -2.85. The molecule has 2 aromatic carbocycles. The average Bonchev–Trinajstić information content (AvgIpc) is 3.27. The normalized spacial score (nSPS) is 16.7. The van der Waals surface area contributed by atoms with Crippen molar-refractivity contribution in [2.75, 3.05) is 27.9 Å². The van der Waals surface area contributed by atoms with Gasteiger partial charge >= 0.3 is 0 Å². The number of hydrogen-bond donors (Lipinski definition) is 1. The number of ether oxygens (including phenoxy) is 3. The summed E-state index contributed by atoms with van der Waals surface area (Å²) in [7, 11) is 0.336. The van der Waals surface area contributed by atoms with Crippen molar-refractivity contribution in [3.63, 3.8) is 0 Å². The number of benzene rings is 2. The molecule has 31 heavy (non-hydrogen) atoms. The second-order valence-corrected chi connectivity index (χ2v) is 8.81. The maximum atomic E-state index is 14.1. The van der Waals surface area contributed by atoms with Gasteiger partial charge < -0.3 is 19.5 Å². The summed E-state index contributed by atoms with van der Waals surface area (Å²) < 4.78 is 56.9. The maximum absolute atomic E-state index is 14.1. The van der Waals surface area contributed by atoms with Crippen LogP contribution in [0.15, 0.2) is 41.3 Å². The molecule has 1 heterocycles. The average molecular weight is 453 g/mol. The number of sulfonamides is 1. The molecule has 1 aliphatic heterocycles. The topological polar surface area (TPSA) is 94.2 Å². The quantitative estimate of drug-likeness (QED) is 0.661. The molecule has 0 spiro atoms. The first kappa shape index (κ1) is 22.8. The molecular formula is C21H25FN2O6S. The molecular weight excluding hydrogens is 427 g/mol. The summed E-state index contributed by atoms with van der Waals surface area (Å²) in [4.78, 5) is 12.4. The Morgan fingerprint density at radius 1 is 1.13 bits per heavy atom. The Morgan fingerprint density at radius 3 is 2.35 bits per heavy atom. The van der Waals surface area contributed by atoms with E-state index in [1.165, 1.54) is 39.5 Å². The van der Waals surface area contributed by atoms with Gasteiger partial charge in [0.05, 0.1) is 21.3 Å². The number of halogens is 1. The zero-order valence-electron chi connectivity index (χ0n) is 17.6. The lowest BCUT2D eigenvalue weighted by molar-refractivity contribution is -0.124. The van der Waals surface area contributed by atoms with E-state index in [-0.39, 0.29) is 13.1 Å². The van der Waals surface area contributed by atoms with Crippen LogP contribution in [0.4, 0.5) is 4.39 Å². The third-order valence-corrected chi connectivity index (χ3v) is 7.06. The molecule has 1 aliphatic rings. The summed E-state index contributed by atoms with van der Waals surface area (Å²) in [6.07, 6.45) is 0.866. The van der Waals surface area contributed by atoms with Crippen LogP contribution in [0.25, 0.3) is 0 Å². The molecule has 0 aliphatic carbocycles. The van der Waals surface area contributed by atoms with Gasteiger partial charge in [-0.05, 0) is 42.7 Å². The molecule has 0 saturated carbocycles. The van der Waals surface area contributed by atoms with Gasteiger partial charge in [-0.2, -0.15) is 4.31 Å². The third kappa shape index (κ3) is 4.59. The van der Waals surface area contributed by atoms with Crippen molar-refractivity contribution in [1.82, 2.24) is 9.62 Å². The van der Waals surface area contributed by atoms with Crippen LogP contribution < -0.4 is 19.5 Å². The Labute approximate surface area is 181 Å². The summed E-state index contributed by atoms with van der Waals surface area (Å²) >= 11 is 0.